The van der Waals surface area contributed by atoms with Gasteiger partial charge in [0.05, 0.1) is 7.11 Å². The third-order valence-corrected chi connectivity index (χ3v) is 6.10. The summed E-state index contributed by atoms with van der Waals surface area (Å²) in [6, 6.07) is 1.60. The zero-order valence-electron chi connectivity index (χ0n) is 9.63. The van der Waals surface area contributed by atoms with Gasteiger partial charge in [0.2, 0.25) is 0 Å². The van der Waals surface area contributed by atoms with E-state index in [1.807, 2.05) is 0 Å². The lowest BCUT2D eigenvalue weighted by Crippen LogP contribution is -2.45. The summed E-state index contributed by atoms with van der Waals surface area (Å²) >= 11 is 1.18. The number of hydrogen-bond acceptors (Lipinski definition) is 5. The quantitative estimate of drug-likeness (QED) is 0.889. The number of methoxy groups -OCH3 is 1. The molecule has 0 aliphatic carbocycles. The van der Waals surface area contributed by atoms with E-state index in [1.54, 1.807) is 11.4 Å². The summed E-state index contributed by atoms with van der Waals surface area (Å²) in [5.74, 6) is 0.411. The van der Waals surface area contributed by atoms with Crippen LogP contribution in [-0.2, 0) is 10.0 Å². The van der Waals surface area contributed by atoms with E-state index < -0.39 is 10.0 Å². The maximum atomic E-state index is 12.4. The fraction of sp³-hybridized carbons (Fsp3) is 0.600. The van der Waals surface area contributed by atoms with Crippen LogP contribution in [0.3, 0.4) is 0 Å². The van der Waals surface area contributed by atoms with Crippen molar-refractivity contribution in [3.05, 3.63) is 11.4 Å². The molecule has 0 amide bonds. The maximum Gasteiger partial charge on any atom is 0.256 e. The van der Waals surface area contributed by atoms with Crippen LogP contribution in [-0.4, -0.2) is 39.0 Å². The Balaban J connectivity index is 2.30. The van der Waals surface area contributed by atoms with Gasteiger partial charge in [-0.3, -0.25) is 0 Å². The van der Waals surface area contributed by atoms with Crippen molar-refractivity contribution >= 4 is 21.4 Å². The molecule has 1 aliphatic rings. The van der Waals surface area contributed by atoms with Crippen LogP contribution in [0.4, 0.5) is 0 Å². The average molecular weight is 276 g/mol. The summed E-state index contributed by atoms with van der Waals surface area (Å²) in [5, 5.41) is 1.72. The molecule has 7 heteroatoms. The Bertz CT molecular complexity index is 483. The van der Waals surface area contributed by atoms with Crippen LogP contribution in [0, 0.1) is 0 Å². The number of sulfonamides is 1. The molecule has 0 radical (unpaired) electrons. The van der Waals surface area contributed by atoms with Crippen molar-refractivity contribution < 1.29 is 13.2 Å². The van der Waals surface area contributed by atoms with Gasteiger partial charge in [-0.1, -0.05) is 0 Å². The summed E-state index contributed by atoms with van der Waals surface area (Å²) in [6.45, 7) is 0.931. The predicted molar refractivity (Wildman–Crippen MR) is 66.8 cm³/mol. The molecule has 2 heterocycles. The molecule has 0 saturated carbocycles. The summed E-state index contributed by atoms with van der Waals surface area (Å²) in [7, 11) is -1.97. The molecule has 1 fully saturated rings. The predicted octanol–water partition coefficient (Wildman–Crippen LogP) is 0.869. The van der Waals surface area contributed by atoms with Crippen molar-refractivity contribution in [2.45, 2.75) is 23.1 Å². The van der Waals surface area contributed by atoms with Crippen LogP contribution in [0.25, 0.3) is 0 Å². The Kier molecular flexibility index (Phi) is 3.72. The third kappa shape index (κ3) is 2.47. The van der Waals surface area contributed by atoms with E-state index in [0.717, 1.165) is 12.8 Å². The Morgan fingerprint density at radius 3 is 3.00 bits per heavy atom. The van der Waals surface area contributed by atoms with E-state index in [9.17, 15) is 8.42 Å². The molecule has 0 bridgehead atoms. The average Bonchev–Trinajstić information content (AvgIpc) is 2.77. The summed E-state index contributed by atoms with van der Waals surface area (Å²) in [6.07, 6.45) is 1.70. The van der Waals surface area contributed by atoms with Crippen LogP contribution < -0.4 is 10.5 Å². The zero-order chi connectivity index (χ0) is 12.5. The highest BCUT2D eigenvalue weighted by Gasteiger charge is 2.32. The smallest absolute Gasteiger partial charge is 0.256 e. The molecule has 2 N–H and O–H groups in total. The number of thiophene rings is 1. The van der Waals surface area contributed by atoms with E-state index in [-0.39, 0.29) is 10.3 Å². The molecule has 1 aromatic rings. The van der Waals surface area contributed by atoms with Gasteiger partial charge in [0.1, 0.15) is 5.75 Å². The molecular weight excluding hydrogens is 260 g/mol. The van der Waals surface area contributed by atoms with Gasteiger partial charge in [-0.15, -0.1) is 11.3 Å². The van der Waals surface area contributed by atoms with Crippen LogP contribution in [0.5, 0.6) is 5.75 Å². The first-order valence-electron chi connectivity index (χ1n) is 5.43. The summed E-state index contributed by atoms with van der Waals surface area (Å²) in [5.41, 5.74) is 5.81. The largest absolute Gasteiger partial charge is 0.494 e. The van der Waals surface area contributed by atoms with Crippen molar-refractivity contribution in [3.8, 4) is 5.75 Å². The number of hydrogen-bond donors (Lipinski definition) is 1. The van der Waals surface area contributed by atoms with E-state index in [4.69, 9.17) is 10.5 Å². The Morgan fingerprint density at radius 2 is 2.35 bits per heavy atom. The minimum Gasteiger partial charge on any atom is -0.494 e. The van der Waals surface area contributed by atoms with Gasteiger partial charge in [-0.25, -0.2) is 8.42 Å². The van der Waals surface area contributed by atoms with E-state index in [1.165, 1.54) is 22.8 Å². The maximum absolute atomic E-state index is 12.4. The molecule has 5 nitrogen and oxygen atoms in total. The lowest BCUT2D eigenvalue weighted by molar-refractivity contribution is 0.315. The van der Waals surface area contributed by atoms with Crippen LogP contribution >= 0.6 is 11.3 Å². The number of piperidine rings is 1. The normalized spacial score (nSPS) is 22.6. The second kappa shape index (κ2) is 4.93. The minimum atomic E-state index is -3.45. The molecule has 1 atom stereocenters. The van der Waals surface area contributed by atoms with Crippen molar-refractivity contribution in [3.63, 3.8) is 0 Å². The van der Waals surface area contributed by atoms with Gasteiger partial charge in [0, 0.05) is 19.1 Å². The van der Waals surface area contributed by atoms with Gasteiger partial charge >= 0.3 is 0 Å². The minimum absolute atomic E-state index is 0.0653. The zero-order valence-corrected chi connectivity index (χ0v) is 11.3. The second-order valence-electron chi connectivity index (χ2n) is 4.04. The van der Waals surface area contributed by atoms with Crippen molar-refractivity contribution in [1.82, 2.24) is 4.31 Å². The molecule has 1 unspecified atom stereocenters. The van der Waals surface area contributed by atoms with Gasteiger partial charge in [0.25, 0.3) is 10.0 Å². The number of rotatable bonds is 3. The molecule has 1 saturated heterocycles. The first kappa shape index (κ1) is 12.8. The lowest BCUT2D eigenvalue weighted by atomic mass is 10.1. The molecule has 0 aromatic carbocycles. The molecular formula is C10H16N2O3S2. The highest BCUT2D eigenvalue weighted by molar-refractivity contribution is 7.91. The Hall–Kier alpha value is -0.630. The number of nitrogens with zero attached hydrogens (tertiary/aromatic N) is 1. The van der Waals surface area contributed by atoms with E-state index in [0.29, 0.717) is 18.8 Å². The second-order valence-corrected chi connectivity index (χ2v) is 7.09. The van der Waals surface area contributed by atoms with Crippen molar-refractivity contribution in [2.75, 3.05) is 20.2 Å². The number of nitrogens with two attached hydrogens (primary N) is 1. The first-order valence-corrected chi connectivity index (χ1v) is 7.75. The van der Waals surface area contributed by atoms with Gasteiger partial charge in [-0.05, 0) is 24.3 Å². The van der Waals surface area contributed by atoms with Crippen LogP contribution in [0.15, 0.2) is 15.7 Å². The van der Waals surface area contributed by atoms with Crippen molar-refractivity contribution in [2.24, 2.45) is 5.73 Å². The highest BCUT2D eigenvalue weighted by Crippen LogP contribution is 2.32. The lowest BCUT2D eigenvalue weighted by Gasteiger charge is -2.29. The first-order chi connectivity index (χ1) is 8.05. The highest BCUT2D eigenvalue weighted by atomic mass is 32.2. The Labute approximate surface area is 105 Å². The fourth-order valence-electron chi connectivity index (χ4n) is 1.93. The summed E-state index contributed by atoms with van der Waals surface area (Å²) in [4.78, 5) is 0. The van der Waals surface area contributed by atoms with Crippen LogP contribution in [0.2, 0.25) is 0 Å². The molecule has 2 rings (SSSR count). The van der Waals surface area contributed by atoms with Gasteiger partial charge in [-0.2, -0.15) is 4.31 Å². The Morgan fingerprint density at radius 1 is 1.59 bits per heavy atom. The molecule has 96 valence electrons. The van der Waals surface area contributed by atoms with Crippen molar-refractivity contribution in [1.29, 1.82) is 0 Å². The molecule has 0 spiro atoms. The SMILES string of the molecule is COc1ccsc1S(=O)(=O)N1CCCC(N)C1. The molecule has 17 heavy (non-hydrogen) atoms. The monoisotopic (exact) mass is 276 g/mol. The van der Waals surface area contributed by atoms with E-state index in [2.05, 4.69) is 0 Å². The van der Waals surface area contributed by atoms with E-state index >= 15 is 0 Å². The van der Waals surface area contributed by atoms with Gasteiger partial charge < -0.3 is 10.5 Å². The topological polar surface area (TPSA) is 72.6 Å². The van der Waals surface area contributed by atoms with Gasteiger partial charge in [0.15, 0.2) is 4.21 Å². The number of ether oxygens (including phenoxy) is 1. The molecule has 1 aromatic heterocycles. The fourth-order valence-corrected chi connectivity index (χ4v) is 4.88. The van der Waals surface area contributed by atoms with Crippen LogP contribution in [0.1, 0.15) is 12.8 Å². The molecule has 1 aliphatic heterocycles. The standard InChI is InChI=1S/C10H16N2O3S2/c1-15-9-4-6-16-10(9)17(13,14)12-5-2-3-8(11)7-12/h4,6,8H,2-3,5,7,11H2,1H3. The third-order valence-electron chi connectivity index (χ3n) is 2.81. The summed E-state index contributed by atoms with van der Waals surface area (Å²) < 4.78 is 31.5.